The number of carbonyl (C=O) groups is 1. The zero-order valence-corrected chi connectivity index (χ0v) is 12.2. The van der Waals surface area contributed by atoms with Crippen LogP contribution in [-0.4, -0.2) is 41.5 Å². The molecule has 2 rings (SSSR count). The van der Waals surface area contributed by atoms with E-state index in [-0.39, 0.29) is 11.9 Å². The third-order valence-electron chi connectivity index (χ3n) is 3.13. The van der Waals surface area contributed by atoms with E-state index in [0.29, 0.717) is 30.1 Å². The van der Waals surface area contributed by atoms with Crippen LogP contribution in [0.25, 0.3) is 0 Å². The number of β-amino-alcohol motifs (C(OH)–C–C–N with tert-alkyl or cyclic N) is 1. The van der Waals surface area contributed by atoms with Gasteiger partial charge in [0, 0.05) is 36.1 Å². The minimum Gasteiger partial charge on any atom is -0.392 e. The topological polar surface area (TPSA) is 40.5 Å². The summed E-state index contributed by atoms with van der Waals surface area (Å²) in [7, 11) is 0. The number of Topliss-reactive ketones (excluding diaryl/α,β-unsaturated/α-hetero) is 1. The Kier molecular flexibility index (Phi) is 4.78. The fourth-order valence-electron chi connectivity index (χ4n) is 2.13. The van der Waals surface area contributed by atoms with Gasteiger partial charge in [-0.25, -0.2) is 0 Å². The highest BCUT2D eigenvalue weighted by molar-refractivity contribution is 9.10. The van der Waals surface area contributed by atoms with Crippen LogP contribution in [0.5, 0.6) is 0 Å². The van der Waals surface area contributed by atoms with Crippen LogP contribution in [-0.2, 0) is 0 Å². The van der Waals surface area contributed by atoms with Gasteiger partial charge in [-0.1, -0.05) is 27.5 Å². The average molecular weight is 333 g/mol. The Balaban J connectivity index is 1.91. The van der Waals surface area contributed by atoms with Gasteiger partial charge in [-0.05, 0) is 24.6 Å². The SMILES string of the molecule is O=C(CCN1CCC(O)C1)c1ccc(Br)cc1Cl. The molecule has 1 atom stereocenters. The van der Waals surface area contributed by atoms with Gasteiger partial charge in [0.2, 0.25) is 0 Å². The molecule has 0 aromatic heterocycles. The molecule has 1 aromatic carbocycles. The first-order valence-electron chi connectivity index (χ1n) is 5.95. The minimum atomic E-state index is -0.239. The Morgan fingerprint density at radius 2 is 2.33 bits per heavy atom. The smallest absolute Gasteiger partial charge is 0.165 e. The van der Waals surface area contributed by atoms with Crippen LogP contribution in [0.1, 0.15) is 23.2 Å². The van der Waals surface area contributed by atoms with Crippen molar-refractivity contribution in [1.29, 1.82) is 0 Å². The molecule has 1 aromatic rings. The molecular formula is C13H15BrClNO2. The van der Waals surface area contributed by atoms with Crippen molar-refractivity contribution in [3.63, 3.8) is 0 Å². The first-order valence-corrected chi connectivity index (χ1v) is 7.12. The van der Waals surface area contributed by atoms with Crippen molar-refractivity contribution in [2.75, 3.05) is 19.6 Å². The minimum absolute atomic E-state index is 0.0499. The number of rotatable bonds is 4. The number of hydrogen-bond donors (Lipinski definition) is 1. The molecular weight excluding hydrogens is 318 g/mol. The van der Waals surface area contributed by atoms with Gasteiger partial charge < -0.3 is 10.0 Å². The highest BCUT2D eigenvalue weighted by atomic mass is 79.9. The first kappa shape index (κ1) is 14.0. The molecule has 0 amide bonds. The summed E-state index contributed by atoms with van der Waals surface area (Å²) in [6.45, 7) is 2.21. The number of aliphatic hydroxyl groups is 1. The van der Waals surface area contributed by atoms with Gasteiger partial charge in [0.15, 0.2) is 5.78 Å². The molecule has 1 heterocycles. The number of carbonyl (C=O) groups excluding carboxylic acids is 1. The largest absolute Gasteiger partial charge is 0.392 e. The fraction of sp³-hybridized carbons (Fsp3) is 0.462. The van der Waals surface area contributed by atoms with E-state index >= 15 is 0 Å². The Morgan fingerprint density at radius 3 is 2.94 bits per heavy atom. The zero-order valence-electron chi connectivity index (χ0n) is 9.90. The maximum atomic E-state index is 12.0. The van der Waals surface area contributed by atoms with Gasteiger partial charge in [-0.15, -0.1) is 0 Å². The van der Waals surface area contributed by atoms with Crippen LogP contribution in [0.4, 0.5) is 0 Å². The van der Waals surface area contributed by atoms with E-state index in [2.05, 4.69) is 20.8 Å². The molecule has 1 fully saturated rings. The van der Waals surface area contributed by atoms with E-state index in [1.807, 2.05) is 6.07 Å². The van der Waals surface area contributed by atoms with Crippen LogP contribution in [0.2, 0.25) is 5.02 Å². The lowest BCUT2D eigenvalue weighted by Crippen LogP contribution is -2.25. The van der Waals surface area contributed by atoms with Gasteiger partial charge in [-0.3, -0.25) is 4.79 Å². The van der Waals surface area contributed by atoms with Gasteiger partial charge in [-0.2, -0.15) is 0 Å². The molecule has 1 aliphatic rings. The Hall–Kier alpha value is -0.420. The summed E-state index contributed by atoms with van der Waals surface area (Å²) < 4.78 is 0.867. The van der Waals surface area contributed by atoms with E-state index in [4.69, 9.17) is 11.6 Å². The molecule has 98 valence electrons. The summed E-state index contributed by atoms with van der Waals surface area (Å²) in [5.41, 5.74) is 0.569. The predicted octanol–water partition coefficient (Wildman–Crippen LogP) is 2.74. The second-order valence-corrected chi connectivity index (χ2v) is 5.86. The number of ketones is 1. The molecule has 1 N–H and O–H groups in total. The number of nitrogens with zero attached hydrogens (tertiary/aromatic N) is 1. The number of benzene rings is 1. The molecule has 1 unspecified atom stereocenters. The van der Waals surface area contributed by atoms with E-state index in [0.717, 1.165) is 17.4 Å². The molecule has 5 heteroatoms. The van der Waals surface area contributed by atoms with E-state index < -0.39 is 0 Å². The van der Waals surface area contributed by atoms with Gasteiger partial charge in [0.25, 0.3) is 0 Å². The molecule has 0 aliphatic carbocycles. The lowest BCUT2D eigenvalue weighted by Gasteiger charge is -2.14. The van der Waals surface area contributed by atoms with Gasteiger partial charge in [0.1, 0.15) is 0 Å². The lowest BCUT2D eigenvalue weighted by molar-refractivity contribution is 0.0964. The summed E-state index contributed by atoms with van der Waals surface area (Å²) in [4.78, 5) is 14.1. The maximum absolute atomic E-state index is 12.0. The van der Waals surface area contributed by atoms with E-state index in [1.54, 1.807) is 12.1 Å². The quantitative estimate of drug-likeness (QED) is 0.862. The highest BCUT2D eigenvalue weighted by Crippen LogP contribution is 2.22. The number of hydrogen-bond acceptors (Lipinski definition) is 3. The summed E-state index contributed by atoms with van der Waals surface area (Å²) in [5, 5.41) is 9.89. The number of halogens is 2. The van der Waals surface area contributed by atoms with Crippen molar-refractivity contribution < 1.29 is 9.90 Å². The van der Waals surface area contributed by atoms with Crippen LogP contribution in [0, 0.1) is 0 Å². The van der Waals surface area contributed by atoms with Gasteiger partial charge in [0.05, 0.1) is 11.1 Å². The van der Waals surface area contributed by atoms with E-state index in [9.17, 15) is 9.90 Å². The Labute approximate surface area is 120 Å². The summed E-state index contributed by atoms with van der Waals surface area (Å²) in [5.74, 6) is 0.0499. The highest BCUT2D eigenvalue weighted by Gasteiger charge is 2.21. The Morgan fingerprint density at radius 1 is 1.56 bits per heavy atom. The van der Waals surface area contributed by atoms with Crippen LogP contribution >= 0.6 is 27.5 Å². The van der Waals surface area contributed by atoms with Crippen LogP contribution < -0.4 is 0 Å². The first-order chi connectivity index (χ1) is 8.56. The zero-order chi connectivity index (χ0) is 13.1. The molecule has 1 aliphatic heterocycles. The van der Waals surface area contributed by atoms with Crippen molar-refractivity contribution in [3.8, 4) is 0 Å². The second-order valence-electron chi connectivity index (χ2n) is 4.54. The van der Waals surface area contributed by atoms with Crippen molar-refractivity contribution >= 4 is 33.3 Å². The van der Waals surface area contributed by atoms with Crippen molar-refractivity contribution in [1.82, 2.24) is 4.90 Å². The standard InChI is InChI=1S/C13H15BrClNO2/c14-9-1-2-11(12(15)7-9)13(18)4-6-16-5-3-10(17)8-16/h1-2,7,10,17H,3-6,8H2. The molecule has 1 saturated heterocycles. The normalized spacial score (nSPS) is 20.3. The van der Waals surface area contributed by atoms with Crippen molar-refractivity contribution in [2.24, 2.45) is 0 Å². The second kappa shape index (κ2) is 6.15. The number of aliphatic hydroxyl groups excluding tert-OH is 1. The summed E-state index contributed by atoms with van der Waals surface area (Å²) in [6, 6.07) is 5.29. The third kappa shape index (κ3) is 3.54. The number of likely N-dealkylation sites (tertiary alicyclic amines) is 1. The molecule has 3 nitrogen and oxygen atoms in total. The monoisotopic (exact) mass is 331 g/mol. The van der Waals surface area contributed by atoms with E-state index in [1.165, 1.54) is 0 Å². The molecule has 0 radical (unpaired) electrons. The molecule has 0 spiro atoms. The summed E-state index contributed by atoms with van der Waals surface area (Å²) in [6.07, 6.45) is 0.998. The lowest BCUT2D eigenvalue weighted by atomic mass is 10.1. The molecule has 0 saturated carbocycles. The average Bonchev–Trinajstić information content (AvgIpc) is 2.72. The fourth-order valence-corrected chi connectivity index (χ4v) is 2.90. The van der Waals surface area contributed by atoms with Crippen molar-refractivity contribution in [2.45, 2.75) is 18.9 Å². The van der Waals surface area contributed by atoms with Crippen LogP contribution in [0.3, 0.4) is 0 Å². The Bertz CT molecular complexity index is 453. The summed E-state index contributed by atoms with van der Waals surface area (Å²) >= 11 is 9.35. The van der Waals surface area contributed by atoms with Gasteiger partial charge >= 0.3 is 0 Å². The molecule has 18 heavy (non-hydrogen) atoms. The maximum Gasteiger partial charge on any atom is 0.165 e. The van der Waals surface area contributed by atoms with Crippen LogP contribution in [0.15, 0.2) is 22.7 Å². The predicted molar refractivity (Wildman–Crippen MR) is 75.2 cm³/mol. The van der Waals surface area contributed by atoms with Crippen molar-refractivity contribution in [3.05, 3.63) is 33.3 Å². The molecule has 0 bridgehead atoms. The third-order valence-corrected chi connectivity index (χ3v) is 3.94.